The lowest BCUT2D eigenvalue weighted by Gasteiger charge is -2.17. The minimum Gasteiger partial charge on any atom is -0.351 e. The Hall–Kier alpha value is -3.13. The van der Waals surface area contributed by atoms with Gasteiger partial charge in [-0.25, -0.2) is 9.78 Å². The van der Waals surface area contributed by atoms with E-state index in [1.165, 1.54) is 4.57 Å². The molecule has 3 aromatic rings. The maximum Gasteiger partial charge on any atom is 0.318 e. The predicted molar refractivity (Wildman–Crippen MR) is 105 cm³/mol. The molecule has 3 rings (SSSR count). The number of amides is 3. The fourth-order valence-electron chi connectivity index (χ4n) is 2.87. The van der Waals surface area contributed by atoms with Crippen LogP contribution in [0.4, 0.5) is 4.79 Å². The third-order valence-corrected chi connectivity index (χ3v) is 4.94. The van der Waals surface area contributed by atoms with E-state index < -0.39 is 11.9 Å². The van der Waals surface area contributed by atoms with Gasteiger partial charge in [-0.15, -0.1) is 0 Å². The Morgan fingerprint density at radius 3 is 2.44 bits per heavy atom. The molecule has 8 heteroatoms. The number of urea groups is 1. The van der Waals surface area contributed by atoms with E-state index in [-0.39, 0.29) is 11.3 Å². The van der Waals surface area contributed by atoms with Crippen LogP contribution in [0.2, 0.25) is 0 Å². The molecule has 3 N–H and O–H groups in total. The number of carbonyl (C=O) groups excluding carboxylic acids is 2. The van der Waals surface area contributed by atoms with E-state index in [1.54, 1.807) is 24.3 Å². The first-order chi connectivity index (χ1) is 12.9. The largest absolute Gasteiger partial charge is 0.351 e. The Kier molecular flexibility index (Phi) is 5.27. The number of benzene rings is 2. The highest BCUT2D eigenvalue weighted by Crippen LogP contribution is 2.25. The van der Waals surface area contributed by atoms with Gasteiger partial charge in [0.2, 0.25) is 5.91 Å². The molecule has 1 aromatic heterocycles. The summed E-state index contributed by atoms with van der Waals surface area (Å²) in [6.45, 7) is 3.83. The van der Waals surface area contributed by atoms with E-state index in [0.717, 1.165) is 28.6 Å². The Morgan fingerprint density at radius 2 is 1.78 bits per heavy atom. The number of aryl methyl sites for hydroxylation is 2. The first kappa shape index (κ1) is 18.7. The highest BCUT2D eigenvalue weighted by molar-refractivity contribution is 7.99. The maximum atomic E-state index is 13.2. The zero-order chi connectivity index (χ0) is 19.6. The zero-order valence-electron chi connectivity index (χ0n) is 14.9. The Bertz CT molecular complexity index is 1090. The lowest BCUT2D eigenvalue weighted by molar-refractivity contribution is -0.117. The fraction of sp³-hybridized carbons (Fsp3) is 0.158. The molecule has 7 nitrogen and oxygen atoms in total. The summed E-state index contributed by atoms with van der Waals surface area (Å²) in [5, 5.41) is 2.87. The lowest BCUT2D eigenvalue weighted by atomic mass is 10.1. The van der Waals surface area contributed by atoms with Crippen LogP contribution in [0.1, 0.15) is 11.1 Å². The minimum atomic E-state index is -0.917. The molecule has 0 bridgehead atoms. The van der Waals surface area contributed by atoms with Crippen LogP contribution in [0.3, 0.4) is 0 Å². The molecule has 138 valence electrons. The van der Waals surface area contributed by atoms with Gasteiger partial charge in [0.15, 0.2) is 5.16 Å². The number of nitrogens with zero attached hydrogens (tertiary/aromatic N) is 2. The summed E-state index contributed by atoms with van der Waals surface area (Å²) in [6, 6.07) is 11.9. The smallest absolute Gasteiger partial charge is 0.318 e. The number of aromatic nitrogens is 2. The van der Waals surface area contributed by atoms with Crippen LogP contribution in [-0.2, 0) is 4.79 Å². The molecule has 3 amide bonds. The number of thioether (sulfide) groups is 1. The SMILES string of the molecule is Cc1cccc(C)c1-n1c(SCC(=O)NC(N)=O)nc2ccccc2c1=O. The van der Waals surface area contributed by atoms with E-state index in [9.17, 15) is 14.4 Å². The molecule has 0 saturated heterocycles. The van der Waals surface area contributed by atoms with E-state index >= 15 is 0 Å². The monoisotopic (exact) mass is 382 g/mol. The van der Waals surface area contributed by atoms with Crippen molar-refractivity contribution in [3.05, 3.63) is 63.9 Å². The summed E-state index contributed by atoms with van der Waals surface area (Å²) in [5.74, 6) is -0.651. The highest BCUT2D eigenvalue weighted by Gasteiger charge is 2.17. The van der Waals surface area contributed by atoms with Crippen molar-refractivity contribution < 1.29 is 9.59 Å². The molecule has 0 aliphatic rings. The minimum absolute atomic E-state index is 0.0986. The van der Waals surface area contributed by atoms with Crippen molar-refractivity contribution in [2.45, 2.75) is 19.0 Å². The number of para-hydroxylation sites is 2. The second kappa shape index (κ2) is 7.63. The molecule has 0 atom stereocenters. The summed E-state index contributed by atoms with van der Waals surface area (Å²) in [4.78, 5) is 40.4. The maximum absolute atomic E-state index is 13.2. The van der Waals surface area contributed by atoms with Crippen molar-refractivity contribution in [3.63, 3.8) is 0 Å². The number of fused-ring (bicyclic) bond motifs is 1. The summed E-state index contributed by atoms with van der Waals surface area (Å²) in [7, 11) is 0. The van der Waals surface area contributed by atoms with Gasteiger partial charge < -0.3 is 5.73 Å². The van der Waals surface area contributed by atoms with E-state index in [4.69, 9.17) is 5.73 Å². The number of hydrogen-bond donors (Lipinski definition) is 2. The number of nitrogens with one attached hydrogen (secondary N) is 1. The first-order valence-electron chi connectivity index (χ1n) is 8.19. The van der Waals surface area contributed by atoms with Crippen LogP contribution in [0.5, 0.6) is 0 Å². The van der Waals surface area contributed by atoms with Gasteiger partial charge >= 0.3 is 6.03 Å². The molecule has 1 heterocycles. The molecule has 27 heavy (non-hydrogen) atoms. The molecular formula is C19H18N4O3S. The molecule has 0 spiro atoms. The van der Waals surface area contributed by atoms with Crippen molar-refractivity contribution >= 4 is 34.6 Å². The van der Waals surface area contributed by atoms with Gasteiger partial charge in [-0.2, -0.15) is 0 Å². The van der Waals surface area contributed by atoms with Crippen molar-refractivity contribution in [1.29, 1.82) is 0 Å². The third-order valence-electron chi connectivity index (χ3n) is 4.00. The Labute approximate surface area is 159 Å². The number of hydrogen-bond acceptors (Lipinski definition) is 5. The first-order valence-corrected chi connectivity index (χ1v) is 9.17. The van der Waals surface area contributed by atoms with Gasteiger partial charge in [0.05, 0.1) is 22.3 Å². The van der Waals surface area contributed by atoms with E-state index in [1.807, 2.05) is 37.4 Å². The molecule has 2 aromatic carbocycles. The van der Waals surface area contributed by atoms with Crippen LogP contribution in [0, 0.1) is 13.8 Å². The van der Waals surface area contributed by atoms with Crippen LogP contribution in [0.25, 0.3) is 16.6 Å². The van der Waals surface area contributed by atoms with Crippen molar-refractivity contribution in [2.24, 2.45) is 5.73 Å². The second-order valence-electron chi connectivity index (χ2n) is 5.99. The standard InChI is InChI=1S/C19H18N4O3S/c1-11-6-5-7-12(2)16(11)23-17(25)13-8-3-4-9-14(13)21-19(23)27-10-15(24)22-18(20)26/h3-9H,10H2,1-2H3,(H3,20,22,24,26). The highest BCUT2D eigenvalue weighted by atomic mass is 32.2. The van der Waals surface area contributed by atoms with Crippen LogP contribution < -0.4 is 16.6 Å². The lowest BCUT2D eigenvalue weighted by Crippen LogP contribution is -2.36. The van der Waals surface area contributed by atoms with Gasteiger partial charge in [0.25, 0.3) is 5.56 Å². The average molecular weight is 382 g/mol. The van der Waals surface area contributed by atoms with Crippen molar-refractivity contribution in [3.8, 4) is 5.69 Å². The Morgan fingerprint density at radius 1 is 1.11 bits per heavy atom. The van der Waals surface area contributed by atoms with Gasteiger partial charge in [-0.05, 0) is 37.1 Å². The molecule has 0 saturated carbocycles. The van der Waals surface area contributed by atoms with Gasteiger partial charge in [0, 0.05) is 0 Å². The summed E-state index contributed by atoms with van der Waals surface area (Å²) in [6.07, 6.45) is 0. The summed E-state index contributed by atoms with van der Waals surface area (Å²) < 4.78 is 1.52. The number of carbonyl (C=O) groups is 2. The molecule has 0 radical (unpaired) electrons. The summed E-state index contributed by atoms with van der Waals surface area (Å²) in [5.41, 5.74) is 7.87. The molecule has 0 aliphatic heterocycles. The topological polar surface area (TPSA) is 107 Å². The van der Waals surface area contributed by atoms with Gasteiger partial charge in [0.1, 0.15) is 0 Å². The third kappa shape index (κ3) is 3.85. The van der Waals surface area contributed by atoms with Crippen LogP contribution in [0.15, 0.2) is 52.4 Å². The molecule has 0 unspecified atom stereocenters. The summed E-state index contributed by atoms with van der Waals surface area (Å²) >= 11 is 1.07. The van der Waals surface area contributed by atoms with Gasteiger partial charge in [-0.1, -0.05) is 42.1 Å². The molecule has 0 aliphatic carbocycles. The van der Waals surface area contributed by atoms with Crippen LogP contribution in [-0.4, -0.2) is 27.2 Å². The number of nitrogens with two attached hydrogens (primary N) is 1. The van der Waals surface area contributed by atoms with E-state index in [0.29, 0.717) is 16.1 Å². The van der Waals surface area contributed by atoms with Crippen LogP contribution >= 0.6 is 11.8 Å². The average Bonchev–Trinajstić information content (AvgIpc) is 2.61. The van der Waals surface area contributed by atoms with Crippen molar-refractivity contribution in [2.75, 3.05) is 5.75 Å². The van der Waals surface area contributed by atoms with Crippen molar-refractivity contribution in [1.82, 2.24) is 14.9 Å². The molecule has 0 fully saturated rings. The van der Waals surface area contributed by atoms with Gasteiger partial charge in [-0.3, -0.25) is 19.5 Å². The zero-order valence-corrected chi connectivity index (χ0v) is 15.7. The predicted octanol–water partition coefficient (Wildman–Crippen LogP) is 2.29. The number of primary amides is 1. The van der Waals surface area contributed by atoms with E-state index in [2.05, 4.69) is 4.98 Å². The fourth-order valence-corrected chi connectivity index (χ4v) is 3.67. The number of imide groups is 1. The number of rotatable bonds is 4. The normalized spacial score (nSPS) is 10.7. The quantitative estimate of drug-likeness (QED) is 0.532. The second-order valence-corrected chi connectivity index (χ2v) is 6.94. The molecular weight excluding hydrogens is 364 g/mol. The Balaban J connectivity index is 2.18.